The first kappa shape index (κ1) is 14.4. The van der Waals surface area contributed by atoms with E-state index in [1.807, 2.05) is 6.07 Å². The van der Waals surface area contributed by atoms with Gasteiger partial charge >= 0.3 is 0 Å². The van der Waals surface area contributed by atoms with Gasteiger partial charge in [0.15, 0.2) is 0 Å². The highest BCUT2D eigenvalue weighted by molar-refractivity contribution is 6.31. The van der Waals surface area contributed by atoms with E-state index in [-0.39, 0.29) is 10.8 Å². The Labute approximate surface area is 108 Å². The molecule has 0 aliphatic carbocycles. The van der Waals surface area contributed by atoms with Gasteiger partial charge in [-0.25, -0.2) is 4.39 Å². The van der Waals surface area contributed by atoms with Crippen molar-refractivity contribution in [1.82, 2.24) is 10.2 Å². The molecule has 4 heteroatoms. The molecule has 0 radical (unpaired) electrons. The number of halogens is 2. The van der Waals surface area contributed by atoms with Crippen LogP contribution in [0.3, 0.4) is 0 Å². The molecular weight excluding hydrogens is 239 g/mol. The van der Waals surface area contributed by atoms with E-state index in [4.69, 9.17) is 11.6 Å². The summed E-state index contributed by atoms with van der Waals surface area (Å²) in [5.41, 5.74) is 0.809. The summed E-state index contributed by atoms with van der Waals surface area (Å²) in [5.74, 6) is -0.355. The Bertz CT molecular complexity index is 355. The molecule has 17 heavy (non-hydrogen) atoms. The average Bonchev–Trinajstić information content (AvgIpc) is 2.28. The second-order valence-electron chi connectivity index (χ2n) is 4.59. The standard InChI is InChI=1S/C13H20ClFN2/c1-10(7-8-17(2)3)16-9-11-5-4-6-12(15)13(11)14/h4-6,10,16H,7-9H2,1-3H3. The first-order valence-electron chi connectivity index (χ1n) is 5.81. The molecule has 1 atom stereocenters. The van der Waals surface area contributed by atoms with Crippen LogP contribution in [0.1, 0.15) is 18.9 Å². The van der Waals surface area contributed by atoms with Gasteiger partial charge < -0.3 is 10.2 Å². The molecule has 0 saturated heterocycles. The summed E-state index contributed by atoms with van der Waals surface area (Å²) in [6.45, 7) is 3.76. The van der Waals surface area contributed by atoms with Crippen LogP contribution in [0.2, 0.25) is 5.02 Å². The molecule has 0 aliphatic heterocycles. The lowest BCUT2D eigenvalue weighted by Gasteiger charge is -2.17. The van der Waals surface area contributed by atoms with Gasteiger partial charge in [-0.15, -0.1) is 0 Å². The van der Waals surface area contributed by atoms with Crippen LogP contribution in [-0.2, 0) is 6.54 Å². The van der Waals surface area contributed by atoms with Gasteiger partial charge in [0.2, 0.25) is 0 Å². The van der Waals surface area contributed by atoms with E-state index in [2.05, 4.69) is 31.2 Å². The Morgan fingerprint density at radius 1 is 1.41 bits per heavy atom. The lowest BCUT2D eigenvalue weighted by Crippen LogP contribution is -2.29. The van der Waals surface area contributed by atoms with E-state index in [1.54, 1.807) is 6.07 Å². The van der Waals surface area contributed by atoms with Gasteiger partial charge in [0.25, 0.3) is 0 Å². The van der Waals surface area contributed by atoms with Crippen LogP contribution in [0.15, 0.2) is 18.2 Å². The highest BCUT2D eigenvalue weighted by atomic mass is 35.5. The molecule has 2 nitrogen and oxygen atoms in total. The van der Waals surface area contributed by atoms with Crippen LogP contribution >= 0.6 is 11.6 Å². The Kier molecular flexibility index (Phi) is 5.89. The van der Waals surface area contributed by atoms with Crippen molar-refractivity contribution in [2.45, 2.75) is 25.9 Å². The number of benzene rings is 1. The zero-order valence-corrected chi connectivity index (χ0v) is 11.4. The molecule has 0 heterocycles. The SMILES string of the molecule is CC(CCN(C)C)NCc1cccc(F)c1Cl. The van der Waals surface area contributed by atoms with Crippen LogP contribution in [0.5, 0.6) is 0 Å². The van der Waals surface area contributed by atoms with Gasteiger partial charge in [-0.1, -0.05) is 23.7 Å². The Hall–Kier alpha value is -0.640. The molecule has 0 spiro atoms. The van der Waals surface area contributed by atoms with Crippen LogP contribution in [0, 0.1) is 5.82 Å². The normalized spacial score (nSPS) is 13.1. The van der Waals surface area contributed by atoms with E-state index >= 15 is 0 Å². The van der Waals surface area contributed by atoms with E-state index in [1.165, 1.54) is 6.07 Å². The monoisotopic (exact) mass is 258 g/mol. The van der Waals surface area contributed by atoms with Gasteiger partial charge in [-0.2, -0.15) is 0 Å². The summed E-state index contributed by atoms with van der Waals surface area (Å²) < 4.78 is 13.2. The van der Waals surface area contributed by atoms with Crippen molar-refractivity contribution in [3.05, 3.63) is 34.6 Å². The molecule has 1 aromatic carbocycles. The number of hydrogen-bond donors (Lipinski definition) is 1. The van der Waals surface area contributed by atoms with Gasteiger partial charge in [0.1, 0.15) is 5.82 Å². The van der Waals surface area contributed by atoms with Crippen LogP contribution in [0.4, 0.5) is 4.39 Å². The van der Waals surface area contributed by atoms with Crippen LogP contribution in [-0.4, -0.2) is 31.6 Å². The Morgan fingerprint density at radius 3 is 2.76 bits per heavy atom. The molecule has 0 bridgehead atoms. The highest BCUT2D eigenvalue weighted by Crippen LogP contribution is 2.19. The van der Waals surface area contributed by atoms with Crippen LogP contribution in [0.25, 0.3) is 0 Å². The molecule has 96 valence electrons. The van der Waals surface area contributed by atoms with Crippen molar-refractivity contribution in [2.75, 3.05) is 20.6 Å². The van der Waals surface area contributed by atoms with Crippen molar-refractivity contribution >= 4 is 11.6 Å². The number of nitrogens with zero attached hydrogens (tertiary/aromatic N) is 1. The molecule has 1 rings (SSSR count). The average molecular weight is 259 g/mol. The first-order valence-corrected chi connectivity index (χ1v) is 6.19. The number of hydrogen-bond acceptors (Lipinski definition) is 2. The molecular formula is C13H20ClFN2. The molecule has 1 aromatic rings. The van der Waals surface area contributed by atoms with Crippen LogP contribution < -0.4 is 5.32 Å². The van der Waals surface area contributed by atoms with Crippen molar-refractivity contribution in [3.8, 4) is 0 Å². The maximum Gasteiger partial charge on any atom is 0.142 e. The first-order chi connectivity index (χ1) is 8.00. The number of rotatable bonds is 6. The zero-order chi connectivity index (χ0) is 12.8. The third kappa shape index (κ3) is 5.02. The second-order valence-corrected chi connectivity index (χ2v) is 4.96. The summed E-state index contributed by atoms with van der Waals surface area (Å²) in [7, 11) is 4.10. The summed E-state index contributed by atoms with van der Waals surface area (Å²) in [4.78, 5) is 2.15. The molecule has 0 amide bonds. The Balaban J connectivity index is 2.42. The second kappa shape index (κ2) is 6.94. The van der Waals surface area contributed by atoms with Crippen molar-refractivity contribution < 1.29 is 4.39 Å². The van der Waals surface area contributed by atoms with Crippen molar-refractivity contribution in [1.29, 1.82) is 0 Å². The quantitative estimate of drug-likeness (QED) is 0.844. The molecule has 0 aromatic heterocycles. The largest absolute Gasteiger partial charge is 0.310 e. The van der Waals surface area contributed by atoms with Gasteiger partial charge in [-0.05, 0) is 45.6 Å². The summed E-state index contributed by atoms with van der Waals surface area (Å²) >= 11 is 5.88. The molecule has 1 N–H and O–H groups in total. The molecule has 0 aliphatic rings. The third-order valence-electron chi connectivity index (χ3n) is 2.68. The summed E-state index contributed by atoms with van der Waals surface area (Å²) in [5, 5.41) is 3.57. The van der Waals surface area contributed by atoms with Gasteiger partial charge in [0, 0.05) is 12.6 Å². The summed E-state index contributed by atoms with van der Waals surface area (Å²) in [6, 6.07) is 5.29. The van der Waals surface area contributed by atoms with Crippen molar-refractivity contribution in [2.24, 2.45) is 0 Å². The maximum absolute atomic E-state index is 13.2. The molecule has 0 saturated carbocycles. The van der Waals surface area contributed by atoms with E-state index in [0.717, 1.165) is 18.5 Å². The Morgan fingerprint density at radius 2 is 2.12 bits per heavy atom. The minimum absolute atomic E-state index is 0.222. The maximum atomic E-state index is 13.2. The van der Waals surface area contributed by atoms with E-state index < -0.39 is 0 Å². The lowest BCUT2D eigenvalue weighted by molar-refractivity contribution is 0.365. The molecule has 1 unspecified atom stereocenters. The predicted molar refractivity (Wildman–Crippen MR) is 70.9 cm³/mol. The predicted octanol–water partition coefficient (Wildman–Crippen LogP) is 2.91. The minimum Gasteiger partial charge on any atom is -0.310 e. The van der Waals surface area contributed by atoms with Crippen molar-refractivity contribution in [3.63, 3.8) is 0 Å². The van der Waals surface area contributed by atoms with E-state index in [9.17, 15) is 4.39 Å². The fraction of sp³-hybridized carbons (Fsp3) is 0.538. The van der Waals surface area contributed by atoms with Gasteiger partial charge in [0.05, 0.1) is 5.02 Å². The number of nitrogens with one attached hydrogen (secondary N) is 1. The smallest absolute Gasteiger partial charge is 0.142 e. The molecule has 0 fully saturated rings. The minimum atomic E-state index is -0.355. The topological polar surface area (TPSA) is 15.3 Å². The zero-order valence-electron chi connectivity index (χ0n) is 10.6. The third-order valence-corrected chi connectivity index (χ3v) is 3.11. The lowest BCUT2D eigenvalue weighted by atomic mass is 10.2. The fourth-order valence-corrected chi connectivity index (χ4v) is 1.72. The van der Waals surface area contributed by atoms with Gasteiger partial charge in [-0.3, -0.25) is 0 Å². The highest BCUT2D eigenvalue weighted by Gasteiger charge is 2.07. The summed E-state index contributed by atoms with van der Waals surface area (Å²) in [6.07, 6.45) is 1.06. The van der Waals surface area contributed by atoms with E-state index in [0.29, 0.717) is 12.6 Å². The fourth-order valence-electron chi connectivity index (χ4n) is 1.52.